The second-order valence-corrected chi connectivity index (χ2v) is 4.65. The second-order valence-electron chi connectivity index (χ2n) is 2.81. The first-order valence-corrected chi connectivity index (χ1v) is 6.96. The molecule has 0 N–H and O–H groups in total. The minimum absolute atomic E-state index is 0.250. The van der Waals surface area contributed by atoms with Crippen LogP contribution in [0.1, 0.15) is 12.8 Å². The van der Waals surface area contributed by atoms with E-state index < -0.39 is 12.1 Å². The average Bonchev–Trinajstić information content (AvgIpc) is 2.03. The van der Waals surface area contributed by atoms with Gasteiger partial charge in [0.15, 0.2) is 0 Å². The highest BCUT2D eigenvalue weighted by Gasteiger charge is 2.40. The van der Waals surface area contributed by atoms with Crippen molar-refractivity contribution in [3.05, 3.63) is 0 Å². The van der Waals surface area contributed by atoms with Crippen LogP contribution in [0.3, 0.4) is 0 Å². The van der Waals surface area contributed by atoms with Gasteiger partial charge in [-0.2, -0.15) is 13.2 Å². The Labute approximate surface area is 85.8 Å². The zero-order valence-corrected chi connectivity index (χ0v) is 9.25. The molecule has 1 heterocycles. The summed E-state index contributed by atoms with van der Waals surface area (Å²) < 4.78 is 38.4. The summed E-state index contributed by atoms with van der Waals surface area (Å²) in [6, 6.07) is 0. The van der Waals surface area contributed by atoms with Gasteiger partial charge in [0, 0.05) is 34.3 Å². The quantitative estimate of drug-likeness (QED) is 0.540. The predicted molar refractivity (Wildman–Crippen MR) is 52.0 cm³/mol. The zero-order valence-electron chi connectivity index (χ0n) is 6.27. The van der Waals surface area contributed by atoms with Crippen molar-refractivity contribution < 1.29 is 13.2 Å². The molecule has 0 atom stereocenters. The van der Waals surface area contributed by atoms with Crippen molar-refractivity contribution in [3.63, 3.8) is 0 Å². The summed E-state index contributed by atoms with van der Waals surface area (Å²) in [7, 11) is 1.49. The SMILES string of the molecule is FC(F)(F)C1CCN(SI)CC1. The van der Waals surface area contributed by atoms with Crippen LogP contribution in [-0.2, 0) is 0 Å². The number of hydrogen-bond acceptors (Lipinski definition) is 2. The van der Waals surface area contributed by atoms with Gasteiger partial charge in [0.05, 0.1) is 5.92 Å². The lowest BCUT2D eigenvalue weighted by molar-refractivity contribution is -0.182. The van der Waals surface area contributed by atoms with Crippen molar-refractivity contribution in [2.45, 2.75) is 19.0 Å². The fraction of sp³-hybridized carbons (Fsp3) is 1.00. The Kier molecular flexibility index (Phi) is 3.97. The van der Waals surface area contributed by atoms with Gasteiger partial charge in [-0.3, -0.25) is 0 Å². The van der Waals surface area contributed by atoms with E-state index in [2.05, 4.69) is 21.2 Å². The molecule has 0 radical (unpaired) electrons. The van der Waals surface area contributed by atoms with Gasteiger partial charge in [-0.1, -0.05) is 0 Å². The highest BCUT2D eigenvalue weighted by Crippen LogP contribution is 2.36. The second kappa shape index (κ2) is 4.36. The normalized spacial score (nSPS) is 23.0. The van der Waals surface area contributed by atoms with Crippen molar-refractivity contribution in [1.29, 1.82) is 0 Å². The third-order valence-corrected chi connectivity index (χ3v) is 4.25. The smallest absolute Gasteiger partial charge is 0.242 e. The number of hydrogen-bond donors (Lipinski definition) is 0. The van der Waals surface area contributed by atoms with Gasteiger partial charge < -0.3 is 0 Å². The third-order valence-electron chi connectivity index (χ3n) is 2.01. The van der Waals surface area contributed by atoms with Gasteiger partial charge in [0.1, 0.15) is 0 Å². The minimum Gasteiger partial charge on any atom is -0.242 e. The molecule has 12 heavy (non-hydrogen) atoms. The maximum Gasteiger partial charge on any atom is 0.391 e. The summed E-state index contributed by atoms with van der Waals surface area (Å²) in [6.45, 7) is 1.11. The van der Waals surface area contributed by atoms with Gasteiger partial charge in [-0.25, -0.2) is 4.31 Å². The van der Waals surface area contributed by atoms with Gasteiger partial charge in [-0.05, 0) is 22.0 Å². The molecule has 0 aromatic carbocycles. The Bertz CT molecular complexity index is 144. The predicted octanol–water partition coefficient (Wildman–Crippen LogP) is 3.26. The monoisotopic (exact) mass is 311 g/mol. The van der Waals surface area contributed by atoms with E-state index in [1.54, 1.807) is 0 Å². The van der Waals surface area contributed by atoms with Crippen LogP contribution in [-0.4, -0.2) is 23.6 Å². The van der Waals surface area contributed by atoms with E-state index >= 15 is 0 Å². The first kappa shape index (κ1) is 10.9. The van der Waals surface area contributed by atoms with Crippen LogP contribution in [0, 0.1) is 5.92 Å². The molecule has 0 bridgehead atoms. The summed E-state index contributed by atoms with van der Waals surface area (Å²) in [6.07, 6.45) is -3.49. The van der Waals surface area contributed by atoms with E-state index in [0.29, 0.717) is 13.1 Å². The molecule has 0 aromatic rings. The highest BCUT2D eigenvalue weighted by atomic mass is 127. The van der Waals surface area contributed by atoms with E-state index in [4.69, 9.17) is 0 Å². The molecule has 1 rings (SSSR count). The molecule has 0 aliphatic carbocycles. The van der Waals surface area contributed by atoms with Crippen LogP contribution in [0.15, 0.2) is 0 Å². The van der Waals surface area contributed by atoms with E-state index in [1.807, 2.05) is 4.31 Å². The van der Waals surface area contributed by atoms with E-state index in [9.17, 15) is 13.2 Å². The van der Waals surface area contributed by atoms with Gasteiger partial charge >= 0.3 is 6.18 Å². The molecule has 1 aliphatic rings. The Morgan fingerprint density at radius 1 is 1.25 bits per heavy atom. The first-order valence-electron chi connectivity index (χ1n) is 3.64. The zero-order chi connectivity index (χ0) is 9.19. The summed E-state index contributed by atoms with van der Waals surface area (Å²) in [5.41, 5.74) is 0. The molecule has 0 amide bonds. The lowest BCUT2D eigenvalue weighted by Crippen LogP contribution is -2.35. The summed E-state index contributed by atoms with van der Waals surface area (Å²) in [4.78, 5) is 0. The van der Waals surface area contributed by atoms with Gasteiger partial charge in [0.25, 0.3) is 0 Å². The van der Waals surface area contributed by atoms with Gasteiger partial charge in [-0.15, -0.1) is 0 Å². The van der Waals surface area contributed by atoms with Crippen molar-refractivity contribution >= 4 is 30.3 Å². The third kappa shape index (κ3) is 2.95. The highest BCUT2D eigenvalue weighted by molar-refractivity contribution is 14.2. The lowest BCUT2D eigenvalue weighted by Gasteiger charge is -2.30. The Balaban J connectivity index is 2.36. The Morgan fingerprint density at radius 3 is 2.08 bits per heavy atom. The standard InChI is InChI=1S/C6H9F3INS/c7-6(8,9)5-1-3-11(12-10)4-2-5/h5H,1-4H2. The minimum atomic E-state index is -3.98. The van der Waals surface area contributed by atoms with Crippen molar-refractivity contribution in [2.24, 2.45) is 5.92 Å². The average molecular weight is 311 g/mol. The van der Waals surface area contributed by atoms with E-state index in [-0.39, 0.29) is 12.8 Å². The fourth-order valence-corrected chi connectivity index (χ4v) is 2.78. The molecule has 0 aromatic heterocycles. The number of halogens is 4. The summed E-state index contributed by atoms with van der Waals surface area (Å²) >= 11 is 2.10. The molecule has 72 valence electrons. The molecule has 1 fully saturated rings. The van der Waals surface area contributed by atoms with Crippen molar-refractivity contribution in [2.75, 3.05) is 13.1 Å². The fourth-order valence-electron chi connectivity index (χ4n) is 1.25. The molecule has 0 unspecified atom stereocenters. The summed E-state index contributed by atoms with van der Waals surface area (Å²) in [5.74, 6) is -1.07. The molecule has 1 saturated heterocycles. The lowest BCUT2D eigenvalue weighted by atomic mass is 9.98. The Morgan fingerprint density at radius 2 is 1.75 bits per heavy atom. The van der Waals surface area contributed by atoms with E-state index in [1.165, 1.54) is 9.12 Å². The Hall–Kier alpha value is 0.830. The maximum atomic E-state index is 12.1. The van der Waals surface area contributed by atoms with E-state index in [0.717, 1.165) is 0 Å². The van der Waals surface area contributed by atoms with Crippen molar-refractivity contribution in [1.82, 2.24) is 4.31 Å². The van der Waals surface area contributed by atoms with Crippen LogP contribution in [0.4, 0.5) is 13.2 Å². The maximum absolute atomic E-state index is 12.1. The molecule has 1 nitrogen and oxygen atoms in total. The number of nitrogens with zero attached hydrogens (tertiary/aromatic N) is 1. The first-order chi connectivity index (χ1) is 5.54. The van der Waals surface area contributed by atoms with Crippen LogP contribution >= 0.6 is 30.3 Å². The van der Waals surface area contributed by atoms with Crippen LogP contribution in [0.2, 0.25) is 0 Å². The molecule has 0 saturated carbocycles. The van der Waals surface area contributed by atoms with Crippen LogP contribution < -0.4 is 0 Å². The van der Waals surface area contributed by atoms with Gasteiger partial charge in [0.2, 0.25) is 0 Å². The van der Waals surface area contributed by atoms with Crippen LogP contribution in [0.5, 0.6) is 0 Å². The molecule has 1 aliphatic heterocycles. The molecule has 0 spiro atoms. The molecular formula is C6H9F3INS. The van der Waals surface area contributed by atoms with Crippen molar-refractivity contribution in [3.8, 4) is 0 Å². The topological polar surface area (TPSA) is 3.24 Å². The molecular weight excluding hydrogens is 302 g/mol. The largest absolute Gasteiger partial charge is 0.391 e. The number of rotatable bonds is 1. The summed E-state index contributed by atoms with van der Waals surface area (Å²) in [5, 5.41) is 0. The molecule has 6 heteroatoms. The van der Waals surface area contributed by atoms with Crippen LogP contribution in [0.25, 0.3) is 0 Å². The number of alkyl halides is 3. The number of piperidine rings is 1.